The second-order valence-electron chi connectivity index (χ2n) is 8.01. The number of rotatable bonds is 5. The summed E-state index contributed by atoms with van der Waals surface area (Å²) in [7, 11) is 3.25. The van der Waals surface area contributed by atoms with Crippen molar-refractivity contribution in [3.8, 4) is 0 Å². The molecule has 0 aromatic heterocycles. The molecule has 2 saturated heterocycles. The van der Waals surface area contributed by atoms with Crippen LogP contribution in [0.3, 0.4) is 0 Å². The van der Waals surface area contributed by atoms with Crippen LogP contribution in [0.15, 0.2) is 29.3 Å². The van der Waals surface area contributed by atoms with Crippen molar-refractivity contribution in [1.29, 1.82) is 0 Å². The maximum absolute atomic E-state index is 11.7. The van der Waals surface area contributed by atoms with Crippen LogP contribution >= 0.6 is 0 Å². The molecule has 0 aliphatic carbocycles. The smallest absolute Gasteiger partial charge is 0.308 e. The number of likely N-dealkylation sites (tertiary alicyclic amines) is 2. The van der Waals surface area contributed by atoms with Crippen molar-refractivity contribution >= 4 is 11.9 Å². The minimum Gasteiger partial charge on any atom is -0.469 e. The SMILES string of the molecule is CN=C(NCc1ccc(CN2CCC(O)CC2)cc1)N1CCC(C(=O)OC)CC1. The number of hydrogen-bond acceptors (Lipinski definition) is 5. The Morgan fingerprint density at radius 3 is 2.31 bits per heavy atom. The van der Waals surface area contributed by atoms with Crippen molar-refractivity contribution in [2.75, 3.05) is 40.3 Å². The molecule has 3 rings (SSSR count). The summed E-state index contributed by atoms with van der Waals surface area (Å²) >= 11 is 0. The number of ether oxygens (including phenoxy) is 1. The van der Waals surface area contributed by atoms with Crippen LogP contribution in [0, 0.1) is 5.92 Å². The Morgan fingerprint density at radius 2 is 1.72 bits per heavy atom. The van der Waals surface area contributed by atoms with Crippen LogP contribution in [0.5, 0.6) is 0 Å². The second kappa shape index (κ2) is 10.6. The number of guanidine groups is 1. The number of aliphatic imine (C=N–C) groups is 1. The first kappa shape index (κ1) is 21.6. The molecule has 0 bridgehead atoms. The van der Waals surface area contributed by atoms with Crippen molar-refractivity contribution in [3.05, 3.63) is 35.4 Å². The first-order valence-corrected chi connectivity index (χ1v) is 10.6. The Morgan fingerprint density at radius 1 is 1.10 bits per heavy atom. The predicted molar refractivity (Wildman–Crippen MR) is 113 cm³/mol. The quantitative estimate of drug-likeness (QED) is 0.443. The fraction of sp³-hybridized carbons (Fsp3) is 0.636. The van der Waals surface area contributed by atoms with E-state index in [1.54, 1.807) is 7.05 Å². The van der Waals surface area contributed by atoms with Crippen LogP contribution in [0.2, 0.25) is 0 Å². The van der Waals surface area contributed by atoms with Gasteiger partial charge in [-0.25, -0.2) is 0 Å². The molecule has 2 aliphatic heterocycles. The average Bonchev–Trinajstić information content (AvgIpc) is 2.77. The van der Waals surface area contributed by atoms with Gasteiger partial charge < -0.3 is 20.1 Å². The van der Waals surface area contributed by atoms with Crippen LogP contribution in [-0.2, 0) is 22.6 Å². The molecule has 0 saturated carbocycles. The molecule has 0 unspecified atom stereocenters. The molecule has 1 aromatic carbocycles. The third-order valence-electron chi connectivity index (χ3n) is 5.98. The minimum absolute atomic E-state index is 0.00469. The van der Waals surface area contributed by atoms with E-state index < -0.39 is 0 Å². The van der Waals surface area contributed by atoms with Crippen molar-refractivity contribution in [1.82, 2.24) is 15.1 Å². The molecule has 7 nitrogen and oxygen atoms in total. The lowest BCUT2D eigenvalue weighted by atomic mass is 9.97. The molecular weight excluding hydrogens is 368 g/mol. The third-order valence-corrected chi connectivity index (χ3v) is 5.98. The Labute approximate surface area is 173 Å². The monoisotopic (exact) mass is 402 g/mol. The molecule has 2 N–H and O–H groups in total. The maximum Gasteiger partial charge on any atom is 0.308 e. The van der Waals surface area contributed by atoms with E-state index in [4.69, 9.17) is 4.74 Å². The third kappa shape index (κ3) is 6.18. The summed E-state index contributed by atoms with van der Waals surface area (Å²) in [5.74, 6) is 0.780. The van der Waals surface area contributed by atoms with E-state index in [2.05, 4.69) is 44.4 Å². The maximum atomic E-state index is 11.7. The van der Waals surface area contributed by atoms with Crippen LogP contribution in [0.1, 0.15) is 36.8 Å². The van der Waals surface area contributed by atoms with E-state index in [9.17, 15) is 9.90 Å². The zero-order valence-corrected chi connectivity index (χ0v) is 17.6. The fourth-order valence-electron chi connectivity index (χ4n) is 4.11. The van der Waals surface area contributed by atoms with Gasteiger partial charge >= 0.3 is 5.97 Å². The first-order chi connectivity index (χ1) is 14.1. The highest BCUT2D eigenvalue weighted by Crippen LogP contribution is 2.19. The molecule has 2 aliphatic rings. The molecule has 2 heterocycles. The van der Waals surface area contributed by atoms with E-state index in [0.717, 1.165) is 70.9 Å². The number of aliphatic hydroxyl groups is 1. The summed E-state index contributed by atoms with van der Waals surface area (Å²) < 4.78 is 4.86. The molecule has 1 aromatic rings. The molecule has 0 spiro atoms. The van der Waals surface area contributed by atoms with Gasteiger partial charge in [0.25, 0.3) is 0 Å². The highest BCUT2D eigenvalue weighted by molar-refractivity contribution is 5.80. The van der Waals surface area contributed by atoms with E-state index in [0.29, 0.717) is 0 Å². The van der Waals surface area contributed by atoms with Gasteiger partial charge in [-0.2, -0.15) is 0 Å². The number of carbonyl (C=O) groups excluding carboxylic acids is 1. The number of piperidine rings is 2. The number of hydrogen-bond donors (Lipinski definition) is 2. The largest absolute Gasteiger partial charge is 0.469 e. The van der Waals surface area contributed by atoms with Crippen LogP contribution in [-0.4, -0.2) is 73.3 Å². The number of aliphatic hydroxyl groups excluding tert-OH is 1. The highest BCUT2D eigenvalue weighted by Gasteiger charge is 2.26. The highest BCUT2D eigenvalue weighted by atomic mass is 16.5. The predicted octanol–water partition coefficient (Wildman–Crippen LogP) is 1.60. The average molecular weight is 403 g/mol. The van der Waals surface area contributed by atoms with E-state index in [-0.39, 0.29) is 18.0 Å². The second-order valence-corrected chi connectivity index (χ2v) is 8.01. The minimum atomic E-state index is -0.125. The number of nitrogens with one attached hydrogen (secondary N) is 1. The lowest BCUT2D eigenvalue weighted by Crippen LogP contribution is -2.46. The van der Waals surface area contributed by atoms with Crippen molar-refractivity contribution in [3.63, 3.8) is 0 Å². The van der Waals surface area contributed by atoms with Crippen molar-refractivity contribution < 1.29 is 14.6 Å². The van der Waals surface area contributed by atoms with Crippen LogP contribution < -0.4 is 5.32 Å². The van der Waals surface area contributed by atoms with Gasteiger partial charge in [0.05, 0.1) is 19.1 Å². The summed E-state index contributed by atoms with van der Waals surface area (Å²) in [5.41, 5.74) is 2.52. The topological polar surface area (TPSA) is 77.4 Å². The molecular formula is C22H34N4O3. The van der Waals surface area contributed by atoms with Gasteiger partial charge in [-0.15, -0.1) is 0 Å². The molecule has 7 heteroatoms. The van der Waals surface area contributed by atoms with E-state index >= 15 is 0 Å². The number of carbonyl (C=O) groups is 1. The van der Waals surface area contributed by atoms with Crippen molar-refractivity contribution in [2.45, 2.75) is 44.9 Å². The number of nitrogens with zero attached hydrogens (tertiary/aromatic N) is 3. The van der Waals surface area contributed by atoms with Gasteiger partial charge in [0, 0.05) is 46.3 Å². The number of methoxy groups -OCH3 is 1. The normalized spacial score (nSPS) is 20.0. The van der Waals surface area contributed by atoms with E-state index in [1.807, 2.05) is 0 Å². The summed E-state index contributed by atoms with van der Waals surface area (Å²) in [6.07, 6.45) is 3.22. The van der Waals surface area contributed by atoms with Gasteiger partial charge in [0.15, 0.2) is 5.96 Å². The Bertz CT molecular complexity index is 676. The Kier molecular flexibility index (Phi) is 7.89. The summed E-state index contributed by atoms with van der Waals surface area (Å²) in [4.78, 5) is 20.7. The molecule has 0 atom stereocenters. The fourth-order valence-corrected chi connectivity index (χ4v) is 4.11. The van der Waals surface area contributed by atoms with E-state index in [1.165, 1.54) is 18.2 Å². The lowest BCUT2D eigenvalue weighted by Gasteiger charge is -2.33. The van der Waals surface area contributed by atoms with Crippen LogP contribution in [0.4, 0.5) is 0 Å². The Hall–Kier alpha value is -2.12. The molecule has 0 radical (unpaired) electrons. The first-order valence-electron chi connectivity index (χ1n) is 10.6. The van der Waals surface area contributed by atoms with Gasteiger partial charge in [0.2, 0.25) is 0 Å². The Balaban J connectivity index is 1.44. The summed E-state index contributed by atoms with van der Waals surface area (Å²) in [6.45, 7) is 5.21. The zero-order valence-electron chi connectivity index (χ0n) is 17.6. The lowest BCUT2D eigenvalue weighted by molar-refractivity contribution is -0.146. The summed E-state index contributed by atoms with van der Waals surface area (Å²) in [6, 6.07) is 8.70. The van der Waals surface area contributed by atoms with Gasteiger partial charge in [0.1, 0.15) is 0 Å². The van der Waals surface area contributed by atoms with Gasteiger partial charge in [-0.3, -0.25) is 14.7 Å². The summed E-state index contributed by atoms with van der Waals surface area (Å²) in [5, 5.41) is 13.1. The van der Waals surface area contributed by atoms with Gasteiger partial charge in [-0.05, 0) is 36.8 Å². The molecule has 160 valence electrons. The molecule has 0 amide bonds. The molecule has 29 heavy (non-hydrogen) atoms. The molecule has 2 fully saturated rings. The number of esters is 1. The van der Waals surface area contributed by atoms with Crippen LogP contribution in [0.25, 0.3) is 0 Å². The zero-order chi connectivity index (χ0) is 20.6. The van der Waals surface area contributed by atoms with Gasteiger partial charge in [-0.1, -0.05) is 24.3 Å². The standard InChI is InChI=1S/C22H34N4O3/c1-23-22(26-13-7-19(8-14-26)21(28)29-2)24-15-17-3-5-18(6-4-17)16-25-11-9-20(27)10-12-25/h3-6,19-20,27H,7-16H2,1-2H3,(H,23,24). The number of benzene rings is 1. The van der Waals surface area contributed by atoms with Crippen molar-refractivity contribution in [2.24, 2.45) is 10.9 Å².